The SMILES string of the molecule is O=C(NC1CCCCC1)N1CC(=O)N2[C@H](C1)[C@@H](c1ccc(-c3cccc(F)c3)cc1)[C@@H]2CO. The molecule has 3 aliphatic rings. The average molecular weight is 452 g/mol. The molecule has 2 saturated heterocycles. The van der Waals surface area contributed by atoms with Crippen molar-refractivity contribution in [3.63, 3.8) is 0 Å². The molecule has 7 heteroatoms. The molecule has 0 spiro atoms. The van der Waals surface area contributed by atoms with E-state index in [1.54, 1.807) is 15.9 Å². The molecule has 1 aliphatic carbocycles. The van der Waals surface area contributed by atoms with Crippen LogP contribution in [0.5, 0.6) is 0 Å². The highest BCUT2D eigenvalue weighted by molar-refractivity contribution is 5.87. The number of amides is 3. The zero-order chi connectivity index (χ0) is 22.9. The lowest BCUT2D eigenvalue weighted by molar-refractivity contribution is -0.159. The first kappa shape index (κ1) is 21.9. The first-order chi connectivity index (χ1) is 16.0. The van der Waals surface area contributed by atoms with Gasteiger partial charge in [-0.15, -0.1) is 0 Å². The van der Waals surface area contributed by atoms with E-state index < -0.39 is 0 Å². The molecule has 2 heterocycles. The Bertz CT molecular complexity index is 1020. The molecule has 174 valence electrons. The lowest BCUT2D eigenvalue weighted by atomic mass is 9.73. The highest BCUT2D eigenvalue weighted by Gasteiger charge is 2.54. The van der Waals surface area contributed by atoms with Crippen molar-refractivity contribution in [2.24, 2.45) is 0 Å². The number of carbonyl (C=O) groups excluding carboxylic acids is 2. The van der Waals surface area contributed by atoms with Crippen LogP contribution in [0.25, 0.3) is 11.1 Å². The van der Waals surface area contributed by atoms with Crippen LogP contribution in [0.2, 0.25) is 0 Å². The minimum atomic E-state index is -0.286. The Morgan fingerprint density at radius 3 is 2.52 bits per heavy atom. The van der Waals surface area contributed by atoms with E-state index in [0.29, 0.717) is 6.54 Å². The molecule has 5 rings (SSSR count). The van der Waals surface area contributed by atoms with Crippen molar-refractivity contribution in [1.29, 1.82) is 0 Å². The minimum absolute atomic E-state index is 0.0502. The Labute approximate surface area is 193 Å². The number of hydrogen-bond acceptors (Lipinski definition) is 3. The minimum Gasteiger partial charge on any atom is -0.394 e. The molecule has 0 aromatic heterocycles. The zero-order valence-electron chi connectivity index (χ0n) is 18.6. The maximum Gasteiger partial charge on any atom is 0.318 e. The molecule has 0 bridgehead atoms. The van der Waals surface area contributed by atoms with Crippen LogP contribution in [0, 0.1) is 5.82 Å². The van der Waals surface area contributed by atoms with E-state index in [1.165, 1.54) is 18.6 Å². The predicted molar refractivity (Wildman–Crippen MR) is 123 cm³/mol. The molecule has 3 amide bonds. The lowest BCUT2D eigenvalue weighted by Gasteiger charge is -2.58. The summed E-state index contributed by atoms with van der Waals surface area (Å²) in [6.07, 6.45) is 5.47. The number of rotatable bonds is 4. The number of nitrogens with zero attached hydrogens (tertiary/aromatic N) is 2. The van der Waals surface area contributed by atoms with Crippen LogP contribution in [0.4, 0.5) is 9.18 Å². The van der Waals surface area contributed by atoms with Gasteiger partial charge in [0.1, 0.15) is 12.4 Å². The quantitative estimate of drug-likeness (QED) is 0.747. The molecule has 2 N–H and O–H groups in total. The second-order valence-electron chi connectivity index (χ2n) is 9.44. The fourth-order valence-electron chi connectivity index (χ4n) is 5.73. The maximum absolute atomic E-state index is 13.6. The number of nitrogens with one attached hydrogen (secondary N) is 1. The number of aliphatic hydroxyl groups is 1. The van der Waals surface area contributed by atoms with E-state index in [-0.39, 0.29) is 55.0 Å². The number of carbonyl (C=O) groups is 2. The third-order valence-corrected chi connectivity index (χ3v) is 7.43. The van der Waals surface area contributed by atoms with Gasteiger partial charge in [0.25, 0.3) is 0 Å². The van der Waals surface area contributed by atoms with Gasteiger partial charge in [0.15, 0.2) is 0 Å². The monoisotopic (exact) mass is 451 g/mol. The van der Waals surface area contributed by atoms with Crippen LogP contribution in [-0.4, -0.2) is 64.7 Å². The zero-order valence-corrected chi connectivity index (χ0v) is 18.6. The number of aliphatic hydroxyl groups excluding tert-OH is 1. The first-order valence-electron chi connectivity index (χ1n) is 11.9. The third-order valence-electron chi connectivity index (χ3n) is 7.43. The van der Waals surface area contributed by atoms with Crippen LogP contribution in [0.1, 0.15) is 43.6 Å². The van der Waals surface area contributed by atoms with Gasteiger partial charge < -0.3 is 20.2 Å². The fourth-order valence-corrected chi connectivity index (χ4v) is 5.73. The highest BCUT2D eigenvalue weighted by Crippen LogP contribution is 2.43. The summed E-state index contributed by atoms with van der Waals surface area (Å²) < 4.78 is 13.6. The summed E-state index contributed by atoms with van der Waals surface area (Å²) >= 11 is 0. The number of halogens is 1. The smallest absolute Gasteiger partial charge is 0.318 e. The number of urea groups is 1. The van der Waals surface area contributed by atoms with Crippen molar-refractivity contribution in [3.05, 3.63) is 59.9 Å². The molecule has 0 unspecified atom stereocenters. The number of piperazine rings is 1. The lowest BCUT2D eigenvalue weighted by Crippen LogP contribution is -2.74. The number of benzene rings is 2. The molecular formula is C26H30FN3O3. The van der Waals surface area contributed by atoms with E-state index >= 15 is 0 Å². The maximum atomic E-state index is 13.6. The van der Waals surface area contributed by atoms with Crippen LogP contribution in [0.3, 0.4) is 0 Å². The standard InChI is InChI=1S/C26H30FN3O3/c27-20-6-4-5-19(13-20)17-9-11-18(12-10-17)25-22-14-29(15-24(32)30(22)23(25)16-31)26(33)28-21-7-2-1-3-8-21/h4-6,9-13,21-23,25,31H,1-3,7-8,14-16H2,(H,28,33)/t22-,23+,25-/m1/s1. The van der Waals surface area contributed by atoms with Crippen molar-refractivity contribution in [3.8, 4) is 11.1 Å². The van der Waals surface area contributed by atoms with Gasteiger partial charge >= 0.3 is 6.03 Å². The molecule has 3 fully saturated rings. The Morgan fingerprint density at radius 1 is 1.06 bits per heavy atom. The van der Waals surface area contributed by atoms with Crippen molar-refractivity contribution >= 4 is 11.9 Å². The van der Waals surface area contributed by atoms with Gasteiger partial charge in [-0.25, -0.2) is 9.18 Å². The Hall–Kier alpha value is -2.93. The average Bonchev–Trinajstić information content (AvgIpc) is 2.81. The molecule has 0 radical (unpaired) electrons. The highest BCUT2D eigenvalue weighted by atomic mass is 19.1. The Balaban J connectivity index is 1.31. The molecule has 2 aromatic rings. The van der Waals surface area contributed by atoms with Crippen LogP contribution in [0.15, 0.2) is 48.5 Å². The molecule has 2 aromatic carbocycles. The summed E-state index contributed by atoms with van der Waals surface area (Å²) in [6.45, 7) is 0.390. The van der Waals surface area contributed by atoms with Gasteiger partial charge in [-0.3, -0.25) is 4.79 Å². The van der Waals surface area contributed by atoms with Gasteiger partial charge in [0.05, 0.1) is 18.7 Å². The van der Waals surface area contributed by atoms with Crippen LogP contribution >= 0.6 is 0 Å². The number of fused-ring (bicyclic) bond motifs is 1. The van der Waals surface area contributed by atoms with E-state index in [9.17, 15) is 19.1 Å². The van der Waals surface area contributed by atoms with Gasteiger partial charge in [-0.05, 0) is 41.7 Å². The van der Waals surface area contributed by atoms with Crippen molar-refractivity contribution < 1.29 is 19.1 Å². The molecule has 1 saturated carbocycles. The second-order valence-corrected chi connectivity index (χ2v) is 9.44. The second kappa shape index (κ2) is 9.14. The summed E-state index contributed by atoms with van der Waals surface area (Å²) in [5.41, 5.74) is 2.72. The first-order valence-corrected chi connectivity index (χ1v) is 11.9. The normalized spacial score (nSPS) is 25.4. The van der Waals surface area contributed by atoms with E-state index in [4.69, 9.17) is 0 Å². The topological polar surface area (TPSA) is 72.9 Å². The molecule has 33 heavy (non-hydrogen) atoms. The summed E-state index contributed by atoms with van der Waals surface area (Å²) in [6, 6.07) is 13.9. The number of hydrogen-bond donors (Lipinski definition) is 2. The summed E-state index contributed by atoms with van der Waals surface area (Å²) in [5, 5.41) is 13.1. The Kier molecular flexibility index (Phi) is 6.06. The van der Waals surface area contributed by atoms with Crippen molar-refractivity contribution in [2.45, 2.75) is 56.1 Å². The van der Waals surface area contributed by atoms with E-state index in [2.05, 4.69) is 5.32 Å². The third kappa shape index (κ3) is 4.22. The van der Waals surface area contributed by atoms with Crippen LogP contribution in [-0.2, 0) is 4.79 Å². The summed E-state index contributed by atoms with van der Waals surface area (Å²) in [5.74, 6) is -0.443. The predicted octanol–water partition coefficient (Wildman–Crippen LogP) is 3.51. The van der Waals surface area contributed by atoms with E-state index in [0.717, 1.165) is 42.4 Å². The van der Waals surface area contributed by atoms with Gasteiger partial charge in [-0.2, -0.15) is 0 Å². The van der Waals surface area contributed by atoms with Crippen molar-refractivity contribution in [2.75, 3.05) is 19.7 Å². The van der Waals surface area contributed by atoms with Gasteiger partial charge in [0, 0.05) is 18.5 Å². The summed E-state index contributed by atoms with van der Waals surface area (Å²) in [4.78, 5) is 29.1. The molecule has 3 atom stereocenters. The van der Waals surface area contributed by atoms with Gasteiger partial charge in [0.2, 0.25) is 5.91 Å². The van der Waals surface area contributed by atoms with Gasteiger partial charge in [-0.1, -0.05) is 55.7 Å². The van der Waals surface area contributed by atoms with E-state index in [1.807, 2.05) is 30.3 Å². The fraction of sp³-hybridized carbons (Fsp3) is 0.462. The molecule has 6 nitrogen and oxygen atoms in total. The summed E-state index contributed by atoms with van der Waals surface area (Å²) in [7, 11) is 0. The Morgan fingerprint density at radius 2 is 1.82 bits per heavy atom. The molecular weight excluding hydrogens is 421 g/mol. The van der Waals surface area contributed by atoms with Crippen molar-refractivity contribution in [1.82, 2.24) is 15.1 Å². The largest absolute Gasteiger partial charge is 0.394 e. The molecule has 2 aliphatic heterocycles. The van der Waals surface area contributed by atoms with Crippen LogP contribution < -0.4 is 5.32 Å².